The summed E-state index contributed by atoms with van der Waals surface area (Å²) in [5.41, 5.74) is 2.48. The molecule has 1 unspecified atom stereocenters. The fraction of sp³-hybridized carbons (Fsp3) is 0.500. The van der Waals surface area contributed by atoms with Gasteiger partial charge >= 0.3 is 6.03 Å². The van der Waals surface area contributed by atoms with Crippen molar-refractivity contribution in [3.8, 4) is 0 Å². The van der Waals surface area contributed by atoms with Crippen LogP contribution in [0.2, 0.25) is 0 Å². The Labute approximate surface area is 121 Å². The van der Waals surface area contributed by atoms with Gasteiger partial charge in [0, 0.05) is 17.1 Å². The molecule has 104 valence electrons. The van der Waals surface area contributed by atoms with Crippen LogP contribution in [0.1, 0.15) is 36.9 Å². The largest absolute Gasteiger partial charge is 0.396 e. The molecule has 2 amide bonds. The van der Waals surface area contributed by atoms with Gasteiger partial charge in [0.25, 0.3) is 0 Å². The molecule has 0 aromatic heterocycles. The summed E-state index contributed by atoms with van der Waals surface area (Å²) in [5.74, 6) is 0. The van der Waals surface area contributed by atoms with E-state index in [-0.39, 0.29) is 24.7 Å². The number of benzene rings is 1. The monoisotopic (exact) mass is 326 g/mol. The highest BCUT2D eigenvalue weighted by Gasteiger charge is 2.25. The predicted molar refractivity (Wildman–Crippen MR) is 78.0 cm³/mol. The summed E-state index contributed by atoms with van der Waals surface area (Å²) in [6, 6.07) is 5.98. The number of aliphatic hydroxyl groups is 1. The zero-order valence-electron chi connectivity index (χ0n) is 10.9. The second-order valence-electron chi connectivity index (χ2n) is 4.93. The van der Waals surface area contributed by atoms with Crippen LogP contribution in [0.4, 0.5) is 4.79 Å². The zero-order chi connectivity index (χ0) is 13.8. The first-order valence-corrected chi connectivity index (χ1v) is 7.36. The van der Waals surface area contributed by atoms with E-state index < -0.39 is 0 Å². The van der Waals surface area contributed by atoms with Crippen LogP contribution in [0.3, 0.4) is 0 Å². The van der Waals surface area contributed by atoms with Crippen LogP contribution in [0.15, 0.2) is 22.7 Å². The molecule has 4 nitrogen and oxygen atoms in total. The van der Waals surface area contributed by atoms with Crippen molar-refractivity contribution in [2.75, 3.05) is 6.61 Å². The van der Waals surface area contributed by atoms with Gasteiger partial charge in [-0.2, -0.15) is 0 Å². The minimum absolute atomic E-state index is 0.0200. The van der Waals surface area contributed by atoms with Gasteiger partial charge in [-0.1, -0.05) is 28.1 Å². The second-order valence-corrected chi connectivity index (χ2v) is 5.78. The second kappa shape index (κ2) is 6.39. The standard InChI is InChI=1S/C14H19BrN2O2/c1-9(7-8-18)16-14(19)17-13-6-5-10-11(13)3-2-4-12(10)15/h2-4,9,13,18H,5-8H2,1H3,(H2,16,17,19)/t9-,13?/m1/s1. The number of fused-ring (bicyclic) bond motifs is 1. The average Bonchev–Trinajstić information content (AvgIpc) is 2.74. The van der Waals surface area contributed by atoms with Crippen LogP contribution in [0, 0.1) is 0 Å². The van der Waals surface area contributed by atoms with Gasteiger partial charge in [0.2, 0.25) is 0 Å². The molecule has 1 aliphatic rings. The fourth-order valence-electron chi connectivity index (χ4n) is 2.45. The topological polar surface area (TPSA) is 61.4 Å². The number of amides is 2. The van der Waals surface area contributed by atoms with Gasteiger partial charge in [0.15, 0.2) is 0 Å². The molecular formula is C14H19BrN2O2. The predicted octanol–water partition coefficient (Wildman–Crippen LogP) is 2.51. The van der Waals surface area contributed by atoms with E-state index in [1.807, 2.05) is 19.1 Å². The lowest BCUT2D eigenvalue weighted by Gasteiger charge is -2.18. The van der Waals surface area contributed by atoms with Crippen molar-refractivity contribution < 1.29 is 9.90 Å². The Morgan fingerprint density at radius 2 is 2.37 bits per heavy atom. The Morgan fingerprint density at radius 1 is 1.58 bits per heavy atom. The third kappa shape index (κ3) is 3.48. The Bertz CT molecular complexity index is 465. The van der Waals surface area contributed by atoms with E-state index in [1.165, 1.54) is 11.1 Å². The molecule has 0 bridgehead atoms. The smallest absolute Gasteiger partial charge is 0.315 e. The molecule has 0 saturated heterocycles. The maximum Gasteiger partial charge on any atom is 0.315 e. The molecule has 0 spiro atoms. The van der Waals surface area contributed by atoms with E-state index >= 15 is 0 Å². The molecule has 5 heteroatoms. The molecule has 2 atom stereocenters. The van der Waals surface area contributed by atoms with Gasteiger partial charge in [-0.25, -0.2) is 4.79 Å². The van der Waals surface area contributed by atoms with Crippen LogP contribution < -0.4 is 10.6 Å². The van der Waals surface area contributed by atoms with Crippen LogP contribution in [-0.2, 0) is 6.42 Å². The summed E-state index contributed by atoms with van der Waals surface area (Å²) in [6.45, 7) is 1.97. The number of nitrogens with one attached hydrogen (secondary N) is 2. The first-order chi connectivity index (χ1) is 9.11. The summed E-state index contributed by atoms with van der Waals surface area (Å²) in [4.78, 5) is 11.9. The molecule has 0 heterocycles. The molecule has 1 aliphatic carbocycles. The Hall–Kier alpha value is -1.07. The lowest BCUT2D eigenvalue weighted by molar-refractivity contribution is 0.227. The first-order valence-electron chi connectivity index (χ1n) is 6.57. The minimum atomic E-state index is -0.168. The van der Waals surface area contributed by atoms with Crippen molar-refractivity contribution >= 4 is 22.0 Å². The van der Waals surface area contributed by atoms with E-state index in [9.17, 15) is 4.79 Å². The Balaban J connectivity index is 1.96. The van der Waals surface area contributed by atoms with Crippen molar-refractivity contribution in [1.82, 2.24) is 10.6 Å². The van der Waals surface area contributed by atoms with Crippen LogP contribution >= 0.6 is 15.9 Å². The molecule has 0 fully saturated rings. The Morgan fingerprint density at radius 3 is 3.11 bits per heavy atom. The summed E-state index contributed by atoms with van der Waals surface area (Å²) in [6.07, 6.45) is 2.48. The SMILES string of the molecule is C[C@H](CCO)NC(=O)NC1CCc2c(Br)cccc21. The van der Waals surface area contributed by atoms with Gasteiger partial charge in [-0.05, 0) is 43.4 Å². The number of carbonyl (C=O) groups is 1. The summed E-state index contributed by atoms with van der Waals surface area (Å²) in [7, 11) is 0. The van der Waals surface area contributed by atoms with Gasteiger partial charge in [0.05, 0.1) is 6.04 Å². The van der Waals surface area contributed by atoms with Gasteiger partial charge in [0.1, 0.15) is 0 Å². The highest BCUT2D eigenvalue weighted by atomic mass is 79.9. The number of halogens is 1. The molecular weight excluding hydrogens is 308 g/mol. The number of urea groups is 1. The number of aliphatic hydroxyl groups excluding tert-OH is 1. The zero-order valence-corrected chi connectivity index (χ0v) is 12.5. The number of carbonyl (C=O) groups excluding carboxylic acids is 1. The molecule has 19 heavy (non-hydrogen) atoms. The van der Waals surface area contributed by atoms with Gasteiger partial charge < -0.3 is 15.7 Å². The highest BCUT2D eigenvalue weighted by molar-refractivity contribution is 9.10. The molecule has 1 aromatic carbocycles. The van der Waals surface area contributed by atoms with Crippen molar-refractivity contribution in [3.63, 3.8) is 0 Å². The number of hydrogen-bond donors (Lipinski definition) is 3. The van der Waals surface area contributed by atoms with Crippen molar-refractivity contribution in [3.05, 3.63) is 33.8 Å². The number of hydrogen-bond acceptors (Lipinski definition) is 2. The lowest BCUT2D eigenvalue weighted by Crippen LogP contribution is -2.42. The molecule has 0 aliphatic heterocycles. The minimum Gasteiger partial charge on any atom is -0.396 e. The summed E-state index contributed by atoms with van der Waals surface area (Å²) in [5, 5.41) is 14.6. The third-order valence-corrected chi connectivity index (χ3v) is 4.20. The number of rotatable bonds is 4. The summed E-state index contributed by atoms with van der Waals surface area (Å²) < 4.78 is 1.11. The first kappa shape index (κ1) is 14.3. The van der Waals surface area contributed by atoms with Crippen LogP contribution in [-0.4, -0.2) is 23.8 Å². The fourth-order valence-corrected chi connectivity index (χ4v) is 3.03. The van der Waals surface area contributed by atoms with E-state index in [1.54, 1.807) is 0 Å². The quantitative estimate of drug-likeness (QED) is 0.796. The molecule has 0 radical (unpaired) electrons. The third-order valence-electron chi connectivity index (χ3n) is 3.46. The molecule has 2 rings (SSSR count). The lowest BCUT2D eigenvalue weighted by atomic mass is 10.1. The maximum absolute atomic E-state index is 11.9. The van der Waals surface area contributed by atoms with Gasteiger partial charge in [-0.3, -0.25) is 0 Å². The molecule has 0 saturated carbocycles. The van der Waals surface area contributed by atoms with Crippen LogP contribution in [0.25, 0.3) is 0 Å². The normalized spacial score (nSPS) is 18.8. The van der Waals surface area contributed by atoms with E-state index in [0.29, 0.717) is 6.42 Å². The highest BCUT2D eigenvalue weighted by Crippen LogP contribution is 2.35. The van der Waals surface area contributed by atoms with E-state index in [2.05, 4.69) is 32.6 Å². The van der Waals surface area contributed by atoms with E-state index in [0.717, 1.165) is 17.3 Å². The van der Waals surface area contributed by atoms with E-state index in [4.69, 9.17) is 5.11 Å². The molecule has 3 N–H and O–H groups in total. The van der Waals surface area contributed by atoms with Gasteiger partial charge in [-0.15, -0.1) is 0 Å². The maximum atomic E-state index is 11.9. The molecule has 1 aromatic rings. The van der Waals surface area contributed by atoms with Crippen molar-refractivity contribution in [2.45, 2.75) is 38.3 Å². The van der Waals surface area contributed by atoms with Crippen molar-refractivity contribution in [2.24, 2.45) is 0 Å². The van der Waals surface area contributed by atoms with Crippen LogP contribution in [0.5, 0.6) is 0 Å². The van der Waals surface area contributed by atoms with Crippen molar-refractivity contribution in [1.29, 1.82) is 0 Å². The Kier molecular flexibility index (Phi) is 4.82. The average molecular weight is 327 g/mol. The summed E-state index contributed by atoms with van der Waals surface area (Å²) >= 11 is 3.55.